The highest BCUT2D eigenvalue weighted by atomic mass is 16.3. The summed E-state index contributed by atoms with van der Waals surface area (Å²) in [5.41, 5.74) is 4.17. The van der Waals surface area contributed by atoms with Crippen molar-refractivity contribution in [2.75, 3.05) is 26.2 Å². The number of carbonyl (C=O) groups is 2. The number of hydrogen-bond donors (Lipinski definition) is 2. The second kappa shape index (κ2) is 8.68. The molecule has 0 aromatic heterocycles. The minimum atomic E-state index is -0.297. The zero-order valence-electron chi connectivity index (χ0n) is 25.0. The summed E-state index contributed by atoms with van der Waals surface area (Å²) < 4.78 is 0. The molecule has 1 heterocycles. The van der Waals surface area contributed by atoms with Gasteiger partial charge in [0.15, 0.2) is 5.76 Å². The minimum absolute atomic E-state index is 0.00169. The fourth-order valence-electron chi connectivity index (χ4n) is 10.5. The average Bonchev–Trinajstić information content (AvgIpc) is 2.93. The number of rotatable bonds is 2. The molecule has 1 aliphatic heterocycles. The van der Waals surface area contributed by atoms with Crippen molar-refractivity contribution in [3.63, 3.8) is 0 Å². The number of nitrogens with one attached hydrogen (secondary N) is 1. The first kappa shape index (κ1) is 27.1. The molecule has 0 aromatic carbocycles. The normalized spacial score (nSPS) is 43.8. The van der Waals surface area contributed by atoms with Crippen LogP contribution in [0.25, 0.3) is 0 Å². The Kier molecular flexibility index (Phi) is 6.02. The van der Waals surface area contributed by atoms with E-state index in [1.54, 1.807) is 6.08 Å². The molecule has 3 saturated carbocycles. The van der Waals surface area contributed by atoms with Gasteiger partial charge in [0.05, 0.1) is 0 Å². The molecule has 2 N–H and O–H groups in total. The molecule has 5 nitrogen and oxygen atoms in total. The number of ketones is 1. The van der Waals surface area contributed by atoms with Crippen molar-refractivity contribution in [1.82, 2.24) is 10.2 Å². The van der Waals surface area contributed by atoms with E-state index < -0.39 is 0 Å². The van der Waals surface area contributed by atoms with Crippen molar-refractivity contribution < 1.29 is 14.7 Å². The summed E-state index contributed by atoms with van der Waals surface area (Å²) in [6.07, 6.45) is 14.9. The molecule has 6 rings (SSSR count). The number of amides is 1. The Morgan fingerprint density at radius 1 is 1.03 bits per heavy atom. The number of aliphatic hydroxyl groups is 1. The maximum atomic E-state index is 14.0. The number of aliphatic hydroxyl groups excluding tert-OH is 1. The lowest BCUT2D eigenvalue weighted by molar-refractivity contribution is -0.182. The van der Waals surface area contributed by atoms with E-state index in [1.165, 1.54) is 12.0 Å². The number of fused-ring (bicyclic) bond motifs is 7. The highest BCUT2D eigenvalue weighted by Gasteiger charge is 2.68. The lowest BCUT2D eigenvalue weighted by Gasteiger charge is -2.71. The van der Waals surface area contributed by atoms with Crippen LogP contribution in [0.15, 0.2) is 46.3 Å². The van der Waals surface area contributed by atoms with E-state index in [9.17, 15) is 14.7 Å². The van der Waals surface area contributed by atoms with Crippen LogP contribution in [0, 0.1) is 33.0 Å². The fourth-order valence-corrected chi connectivity index (χ4v) is 10.5. The van der Waals surface area contributed by atoms with Crippen LogP contribution < -0.4 is 5.32 Å². The summed E-state index contributed by atoms with van der Waals surface area (Å²) in [6, 6.07) is 0. The van der Waals surface area contributed by atoms with Gasteiger partial charge in [0, 0.05) is 42.6 Å². The Bertz CT molecular complexity index is 1250. The zero-order valence-corrected chi connectivity index (χ0v) is 25.0. The van der Waals surface area contributed by atoms with Crippen molar-refractivity contribution in [2.45, 2.75) is 92.9 Å². The molecule has 0 radical (unpaired) electrons. The van der Waals surface area contributed by atoms with E-state index in [1.807, 2.05) is 6.92 Å². The minimum Gasteiger partial charge on any atom is -0.504 e. The van der Waals surface area contributed by atoms with E-state index >= 15 is 0 Å². The number of allylic oxidation sites excluding steroid dienone is 7. The molecule has 5 aliphatic carbocycles. The standard InChI is InChI=1S/C34H48N2O3/c1-7-34-15-13-32(5)24-20-25(37)28(38)22(2)23(24)8-9-26(32)33(34,6)14-12-30(3)10-11-31(4,21-27(30)34)29(39)36-18-16-35-17-19-36/h8-9,20,27,35,38H,7,10-19,21H2,1-6H3/t27-,30-,31-,32+,33-,34+/m1/s1. The van der Waals surface area contributed by atoms with Crippen LogP contribution in [0.3, 0.4) is 0 Å². The summed E-state index contributed by atoms with van der Waals surface area (Å²) in [6.45, 7) is 17.4. The molecule has 0 spiro atoms. The van der Waals surface area contributed by atoms with E-state index in [-0.39, 0.29) is 38.6 Å². The van der Waals surface area contributed by atoms with E-state index in [0.29, 0.717) is 17.4 Å². The molecule has 0 bridgehead atoms. The Hall–Kier alpha value is -2.14. The summed E-state index contributed by atoms with van der Waals surface area (Å²) in [5, 5.41) is 13.8. The van der Waals surface area contributed by atoms with Crippen LogP contribution >= 0.6 is 0 Å². The van der Waals surface area contributed by atoms with E-state index in [0.717, 1.165) is 82.3 Å². The Labute approximate surface area is 234 Å². The van der Waals surface area contributed by atoms with Gasteiger partial charge in [-0.25, -0.2) is 0 Å². The first-order valence-electron chi connectivity index (χ1n) is 15.5. The second-order valence-electron chi connectivity index (χ2n) is 14.7. The molecule has 5 heteroatoms. The third kappa shape index (κ3) is 3.47. The molecular weight excluding hydrogens is 484 g/mol. The van der Waals surface area contributed by atoms with Gasteiger partial charge in [-0.15, -0.1) is 0 Å². The van der Waals surface area contributed by atoms with Gasteiger partial charge >= 0.3 is 0 Å². The molecule has 4 fully saturated rings. The molecule has 1 amide bonds. The maximum Gasteiger partial charge on any atom is 0.228 e. The predicted octanol–water partition coefficient (Wildman–Crippen LogP) is 6.44. The first-order valence-corrected chi connectivity index (χ1v) is 15.5. The van der Waals surface area contributed by atoms with E-state index in [4.69, 9.17) is 0 Å². The lowest BCUT2D eigenvalue weighted by atomic mass is 9.33. The monoisotopic (exact) mass is 532 g/mol. The van der Waals surface area contributed by atoms with E-state index in [2.05, 4.69) is 57.0 Å². The average molecular weight is 533 g/mol. The molecule has 6 atom stereocenters. The zero-order chi connectivity index (χ0) is 28.0. The smallest absolute Gasteiger partial charge is 0.228 e. The molecule has 6 aliphatic rings. The van der Waals surface area contributed by atoms with Gasteiger partial charge < -0.3 is 15.3 Å². The van der Waals surface area contributed by atoms with Crippen molar-refractivity contribution >= 4 is 11.7 Å². The second-order valence-corrected chi connectivity index (χ2v) is 14.7. The number of carbonyl (C=O) groups excluding carboxylic acids is 2. The lowest BCUT2D eigenvalue weighted by Crippen LogP contribution is -2.64. The SMILES string of the molecule is CC[C@@]12CC[C@@]3(C)C4=CC(=O)C(O)=C(C)C4=CC=C3[C@@]1(C)CC[C@@]1(C)CC[C@@](C)(C(=O)N3CCNCC3)C[C@H]12. The van der Waals surface area contributed by atoms with Gasteiger partial charge in [-0.1, -0.05) is 52.3 Å². The van der Waals surface area contributed by atoms with Gasteiger partial charge in [0.1, 0.15) is 0 Å². The summed E-state index contributed by atoms with van der Waals surface area (Å²) in [4.78, 5) is 28.9. The van der Waals surface area contributed by atoms with Gasteiger partial charge in [0.25, 0.3) is 0 Å². The molecular formula is C34H48N2O3. The van der Waals surface area contributed by atoms with Crippen LogP contribution in [-0.2, 0) is 9.59 Å². The molecule has 39 heavy (non-hydrogen) atoms. The van der Waals surface area contributed by atoms with Crippen LogP contribution in [0.1, 0.15) is 92.9 Å². The molecule has 1 saturated heterocycles. The number of nitrogens with zero attached hydrogens (tertiary/aromatic N) is 1. The molecule has 212 valence electrons. The van der Waals surface area contributed by atoms with Crippen molar-refractivity contribution in [3.05, 3.63) is 46.3 Å². The van der Waals surface area contributed by atoms with Gasteiger partial charge in [0.2, 0.25) is 11.7 Å². The van der Waals surface area contributed by atoms with Gasteiger partial charge in [-0.05, 0) is 97.7 Å². The third-order valence-electron chi connectivity index (χ3n) is 13.1. The Morgan fingerprint density at radius 3 is 2.41 bits per heavy atom. The fraction of sp³-hybridized carbons (Fsp3) is 0.706. The van der Waals surface area contributed by atoms with Crippen LogP contribution in [-0.4, -0.2) is 47.9 Å². The van der Waals surface area contributed by atoms with Crippen molar-refractivity contribution in [1.29, 1.82) is 0 Å². The maximum absolute atomic E-state index is 14.0. The number of hydrogen-bond acceptors (Lipinski definition) is 4. The summed E-state index contributed by atoms with van der Waals surface area (Å²) in [5.74, 6) is 0.496. The highest BCUT2D eigenvalue weighted by Crippen LogP contribution is 2.76. The largest absolute Gasteiger partial charge is 0.504 e. The topological polar surface area (TPSA) is 69.6 Å². The first-order chi connectivity index (χ1) is 18.4. The number of piperazine rings is 1. The Balaban J connectivity index is 1.43. The quantitative estimate of drug-likeness (QED) is 0.430. The molecule has 0 unspecified atom stereocenters. The van der Waals surface area contributed by atoms with Crippen LogP contribution in [0.4, 0.5) is 0 Å². The van der Waals surface area contributed by atoms with Gasteiger partial charge in [-0.3, -0.25) is 9.59 Å². The third-order valence-corrected chi connectivity index (χ3v) is 13.1. The van der Waals surface area contributed by atoms with Gasteiger partial charge in [-0.2, -0.15) is 0 Å². The van der Waals surface area contributed by atoms with Crippen molar-refractivity contribution in [3.8, 4) is 0 Å². The summed E-state index contributed by atoms with van der Waals surface area (Å²) >= 11 is 0. The van der Waals surface area contributed by atoms with Crippen LogP contribution in [0.5, 0.6) is 0 Å². The van der Waals surface area contributed by atoms with Crippen LogP contribution in [0.2, 0.25) is 0 Å². The van der Waals surface area contributed by atoms with Crippen molar-refractivity contribution in [2.24, 2.45) is 33.0 Å². The highest BCUT2D eigenvalue weighted by molar-refractivity contribution is 6.06. The predicted molar refractivity (Wildman–Crippen MR) is 155 cm³/mol. The Morgan fingerprint density at radius 2 is 1.72 bits per heavy atom. The molecule has 0 aromatic rings. The summed E-state index contributed by atoms with van der Waals surface area (Å²) in [7, 11) is 0.